The van der Waals surface area contributed by atoms with Crippen LogP contribution in [0, 0.1) is 0 Å². The predicted molar refractivity (Wildman–Crippen MR) is 118 cm³/mol. The van der Waals surface area contributed by atoms with Crippen molar-refractivity contribution in [3.05, 3.63) is 40.7 Å². The van der Waals surface area contributed by atoms with E-state index in [2.05, 4.69) is 47.6 Å². The minimum absolute atomic E-state index is 0. The second-order valence-corrected chi connectivity index (χ2v) is 8.85. The van der Waals surface area contributed by atoms with Gasteiger partial charge in [0.05, 0.1) is 40.4 Å². The predicted octanol–water partition coefficient (Wildman–Crippen LogP) is 0.542. The van der Waals surface area contributed by atoms with Crippen LogP contribution in [0.15, 0.2) is 24.3 Å². The lowest BCUT2D eigenvalue weighted by atomic mass is 10.1. The Morgan fingerprint density at radius 3 is 2.45 bits per heavy atom. The van der Waals surface area contributed by atoms with Crippen molar-refractivity contribution >= 4 is 27.2 Å². The zero-order valence-corrected chi connectivity index (χ0v) is 20.2. The third-order valence-electron chi connectivity index (χ3n) is 6.08. The molecule has 5 rings (SSSR count). The lowest BCUT2D eigenvalue weighted by Crippen LogP contribution is -3.00. The molecule has 0 radical (unpaired) electrons. The SMILES string of the molecule is CCc1cc(=[N+]2CCC2)cc2sc3cc(N4CCOCC4)cc(CC)c3nc1-2.[I-]. The monoisotopic (exact) mass is 521 g/mol. The van der Waals surface area contributed by atoms with Gasteiger partial charge in [0, 0.05) is 30.9 Å². The van der Waals surface area contributed by atoms with Crippen molar-refractivity contribution in [3.63, 3.8) is 0 Å². The number of hydrogen-bond donors (Lipinski definition) is 0. The Balaban J connectivity index is 0.00000205. The van der Waals surface area contributed by atoms with Crippen molar-refractivity contribution in [2.24, 2.45) is 0 Å². The van der Waals surface area contributed by atoms with E-state index in [0.717, 1.165) is 39.1 Å². The standard InChI is InChI=1S/C23H28N3OS.HI/c1-3-16-12-18(25-6-5-7-25)14-20-22(16)24-23-17(4-2)13-19(15-21(23)28-20)26-8-10-27-11-9-26;/h12-15H,3-11H2,1-2H3;1H/q+1;/p-1. The molecule has 0 spiro atoms. The summed E-state index contributed by atoms with van der Waals surface area (Å²) in [4.78, 5) is 8.96. The molecule has 3 heterocycles. The van der Waals surface area contributed by atoms with Crippen molar-refractivity contribution in [3.8, 4) is 10.6 Å². The quantitative estimate of drug-likeness (QED) is 0.286. The molecular weight excluding hydrogens is 493 g/mol. The fourth-order valence-electron chi connectivity index (χ4n) is 4.24. The molecule has 2 saturated heterocycles. The van der Waals surface area contributed by atoms with Gasteiger partial charge < -0.3 is 33.6 Å². The maximum Gasteiger partial charge on any atom is 0.201 e. The molecule has 0 aromatic heterocycles. The van der Waals surface area contributed by atoms with E-state index in [1.807, 2.05) is 11.3 Å². The average Bonchev–Trinajstić information content (AvgIpc) is 2.70. The molecule has 0 atom stereocenters. The van der Waals surface area contributed by atoms with Crippen LogP contribution in [0.5, 0.6) is 0 Å². The first kappa shape index (κ1) is 21.0. The van der Waals surface area contributed by atoms with Gasteiger partial charge in [-0.1, -0.05) is 13.8 Å². The Kier molecular flexibility index (Phi) is 6.41. The van der Waals surface area contributed by atoms with Gasteiger partial charge in [-0.15, -0.1) is 11.3 Å². The Bertz CT molecular complexity index is 1070. The van der Waals surface area contributed by atoms with E-state index in [-0.39, 0.29) is 24.0 Å². The largest absolute Gasteiger partial charge is 1.00 e. The molecule has 0 bridgehead atoms. The summed E-state index contributed by atoms with van der Waals surface area (Å²) in [5.74, 6) is 0. The zero-order chi connectivity index (χ0) is 19.1. The smallest absolute Gasteiger partial charge is 0.201 e. The zero-order valence-electron chi connectivity index (χ0n) is 17.2. The van der Waals surface area contributed by atoms with Crippen molar-refractivity contribution in [1.82, 2.24) is 9.56 Å². The van der Waals surface area contributed by atoms with E-state index in [0.29, 0.717) is 0 Å². The van der Waals surface area contributed by atoms with Crippen molar-refractivity contribution < 1.29 is 28.7 Å². The number of anilines is 1. The maximum atomic E-state index is 5.54. The van der Waals surface area contributed by atoms with Gasteiger partial charge in [-0.25, -0.2) is 9.56 Å². The molecule has 1 aromatic carbocycles. The van der Waals surface area contributed by atoms with Crippen LogP contribution in [0.25, 0.3) is 20.8 Å². The Morgan fingerprint density at radius 1 is 1.03 bits per heavy atom. The number of benzene rings is 2. The Hall–Kier alpha value is -1.25. The van der Waals surface area contributed by atoms with Gasteiger partial charge in [0.2, 0.25) is 5.36 Å². The first-order chi connectivity index (χ1) is 13.8. The van der Waals surface area contributed by atoms with Crippen LogP contribution in [0.2, 0.25) is 0 Å². The number of halogens is 1. The van der Waals surface area contributed by atoms with Crippen LogP contribution in [0.3, 0.4) is 0 Å². The molecule has 4 aliphatic rings. The number of aromatic nitrogens is 1. The highest BCUT2D eigenvalue weighted by molar-refractivity contribution is 7.21. The molecule has 154 valence electrons. The van der Waals surface area contributed by atoms with Gasteiger partial charge in [0.15, 0.2) is 0 Å². The summed E-state index contributed by atoms with van der Waals surface area (Å²) < 4.78 is 9.33. The van der Waals surface area contributed by atoms with Gasteiger partial charge in [-0.05, 0) is 36.1 Å². The summed E-state index contributed by atoms with van der Waals surface area (Å²) in [5.41, 5.74) is 6.42. The third-order valence-corrected chi connectivity index (χ3v) is 7.14. The Labute approximate surface area is 193 Å². The third kappa shape index (κ3) is 3.91. The summed E-state index contributed by atoms with van der Waals surface area (Å²) in [6.45, 7) is 10.4. The topological polar surface area (TPSA) is 28.4 Å². The first-order valence-electron chi connectivity index (χ1n) is 10.6. The minimum atomic E-state index is 0. The molecule has 2 fully saturated rings. The van der Waals surface area contributed by atoms with Crippen molar-refractivity contribution in [1.29, 1.82) is 0 Å². The van der Waals surface area contributed by atoms with Crippen LogP contribution in [-0.4, -0.2) is 44.4 Å². The van der Waals surface area contributed by atoms with E-state index in [1.54, 1.807) is 0 Å². The van der Waals surface area contributed by atoms with Crippen LogP contribution in [0.4, 0.5) is 5.69 Å². The molecule has 6 heteroatoms. The lowest BCUT2D eigenvalue weighted by molar-refractivity contribution is -0.00000638. The van der Waals surface area contributed by atoms with Crippen LogP contribution in [0.1, 0.15) is 31.4 Å². The van der Waals surface area contributed by atoms with E-state index >= 15 is 0 Å². The average molecular weight is 521 g/mol. The van der Waals surface area contributed by atoms with Gasteiger partial charge in [-0.3, -0.25) is 0 Å². The molecule has 1 aliphatic carbocycles. The molecule has 29 heavy (non-hydrogen) atoms. The highest BCUT2D eigenvalue weighted by atomic mass is 127. The first-order valence-corrected chi connectivity index (χ1v) is 11.4. The van der Waals surface area contributed by atoms with Gasteiger partial charge in [0.1, 0.15) is 13.1 Å². The number of nitrogens with zero attached hydrogens (tertiary/aromatic N) is 3. The maximum absolute atomic E-state index is 5.54. The second-order valence-electron chi connectivity index (χ2n) is 7.76. The molecule has 0 saturated carbocycles. The van der Waals surface area contributed by atoms with Crippen molar-refractivity contribution in [2.75, 3.05) is 44.3 Å². The summed E-state index contributed by atoms with van der Waals surface area (Å²) in [7, 11) is 0. The molecule has 1 aromatic rings. The summed E-state index contributed by atoms with van der Waals surface area (Å²) in [6.07, 6.45) is 3.34. The molecule has 0 unspecified atom stereocenters. The number of ether oxygens (including phenoxy) is 1. The van der Waals surface area contributed by atoms with Crippen LogP contribution in [-0.2, 0) is 17.6 Å². The number of hydrogen-bond acceptors (Lipinski definition) is 4. The second kappa shape index (κ2) is 8.86. The van der Waals surface area contributed by atoms with E-state index in [4.69, 9.17) is 9.72 Å². The van der Waals surface area contributed by atoms with E-state index < -0.39 is 0 Å². The highest BCUT2D eigenvalue weighted by Crippen LogP contribution is 2.36. The Morgan fingerprint density at radius 2 is 1.79 bits per heavy atom. The van der Waals surface area contributed by atoms with Crippen molar-refractivity contribution in [2.45, 2.75) is 33.1 Å². The highest BCUT2D eigenvalue weighted by Gasteiger charge is 2.21. The fraction of sp³-hybridized carbons (Fsp3) is 0.478. The van der Waals surface area contributed by atoms with Crippen LogP contribution < -0.4 is 38.8 Å². The fourth-order valence-corrected chi connectivity index (χ4v) is 5.38. The van der Waals surface area contributed by atoms with Gasteiger partial charge in [-0.2, -0.15) is 0 Å². The normalized spacial score (nSPS) is 16.8. The van der Waals surface area contributed by atoms with Gasteiger partial charge in [0.25, 0.3) is 0 Å². The van der Waals surface area contributed by atoms with Crippen LogP contribution >= 0.6 is 11.3 Å². The molecule has 0 N–H and O–H groups in total. The number of rotatable bonds is 3. The minimum Gasteiger partial charge on any atom is -1.00 e. The molecule has 0 amide bonds. The lowest BCUT2D eigenvalue weighted by Gasteiger charge is -2.29. The summed E-state index contributed by atoms with van der Waals surface area (Å²) in [5, 5.41) is 1.37. The molecular formula is C23H28IN3OS. The van der Waals surface area contributed by atoms with E-state index in [1.165, 1.54) is 62.5 Å². The molecule has 3 aliphatic heterocycles. The number of fused-ring (bicyclic) bond motifs is 2. The summed E-state index contributed by atoms with van der Waals surface area (Å²) >= 11 is 1.91. The number of aryl methyl sites for hydroxylation is 2. The number of morpholine rings is 1. The van der Waals surface area contributed by atoms with Gasteiger partial charge >= 0.3 is 0 Å². The van der Waals surface area contributed by atoms with E-state index in [9.17, 15) is 0 Å². The molecule has 4 nitrogen and oxygen atoms in total. The summed E-state index contributed by atoms with van der Waals surface area (Å²) in [6, 6.07) is 9.41.